The molecule has 5 aliphatic heterocycles. The molecule has 7 heterocycles. The molecule has 763 valence electrons. The molecule has 0 saturated carbocycles. The Balaban J connectivity index is 0.000000177. The molecule has 0 bridgehead atoms. The van der Waals surface area contributed by atoms with Crippen molar-refractivity contribution in [2.24, 2.45) is 10.9 Å². The van der Waals surface area contributed by atoms with E-state index in [0.717, 1.165) is 82.4 Å². The largest absolute Gasteiger partial charge is 1.00 e. The Bertz CT molecular complexity index is 6890. The van der Waals surface area contributed by atoms with E-state index in [2.05, 4.69) is 325 Å². The zero-order valence-electron chi connectivity index (χ0n) is 82.2. The molecule has 24 heteroatoms. The number of ether oxygens (including phenoxy) is 1. The first-order valence-corrected chi connectivity index (χ1v) is 50.7. The Morgan fingerprint density at radius 1 is 0.510 bits per heavy atom. The van der Waals surface area contributed by atoms with Gasteiger partial charge in [0.05, 0.1) is 40.1 Å². The zero-order chi connectivity index (χ0) is 99.1. The summed E-state index contributed by atoms with van der Waals surface area (Å²) in [6, 6.07) is 148. The molecule has 22 rings (SSSR count). The molecule has 0 amide bonds. The number of nitrogens with one attached hydrogen (secondary N) is 2. The molecule has 4 atom stereocenters. The zero-order valence-corrected chi connectivity index (χ0v) is 92.7. The molecule has 2 aromatic heterocycles. The number of nitrogens with zero attached hydrogens (tertiary/aromatic N) is 11. The third-order valence-electron chi connectivity index (χ3n) is 23.4. The molecular formula is C123H114Cu3IrN13O3P3Pt-7. The first kappa shape index (κ1) is 116. The van der Waals surface area contributed by atoms with E-state index >= 15 is 0 Å². The van der Waals surface area contributed by atoms with Gasteiger partial charge in [-0.15, -0.1) is 83.7 Å². The minimum Gasteiger partial charge on any atom is -0.774 e. The molecule has 16 nitrogen and oxygen atoms in total. The van der Waals surface area contributed by atoms with Gasteiger partial charge in [-0.05, 0) is 170 Å². The van der Waals surface area contributed by atoms with Crippen molar-refractivity contribution in [1.82, 2.24) is 14.9 Å². The second kappa shape index (κ2) is 58.3. The van der Waals surface area contributed by atoms with E-state index in [1.165, 1.54) is 97.6 Å². The number of aromatic nitrogens is 2. The Kier molecular flexibility index (Phi) is 45.8. The van der Waals surface area contributed by atoms with Crippen molar-refractivity contribution >= 4 is 137 Å². The van der Waals surface area contributed by atoms with Crippen molar-refractivity contribution in [2.75, 3.05) is 51.8 Å². The summed E-state index contributed by atoms with van der Waals surface area (Å²) in [5, 5.41) is 33.2. The van der Waals surface area contributed by atoms with E-state index in [0.29, 0.717) is 38.1 Å². The van der Waals surface area contributed by atoms with Crippen LogP contribution in [-0.4, -0.2) is 77.1 Å². The number of hydrogen-bond donors (Lipinski definition) is 2. The van der Waals surface area contributed by atoms with Gasteiger partial charge in [0.2, 0.25) is 0 Å². The van der Waals surface area contributed by atoms with E-state index in [-0.39, 0.29) is 116 Å². The number of carbonyl (C=O) groups is 1. The number of likely N-dealkylation sites (N-methyl/N-ethyl adjacent to an activating group) is 2. The van der Waals surface area contributed by atoms with Crippen molar-refractivity contribution in [1.29, 1.82) is 5.41 Å². The van der Waals surface area contributed by atoms with Crippen molar-refractivity contribution in [2.45, 2.75) is 45.9 Å². The molecule has 0 spiro atoms. The van der Waals surface area contributed by atoms with Crippen LogP contribution in [0.4, 0.5) is 62.6 Å². The number of hydrogen-bond acceptors (Lipinski definition) is 12. The molecule has 0 saturated heterocycles. The van der Waals surface area contributed by atoms with Crippen LogP contribution < -0.4 is 61.1 Å². The normalized spacial score (nSPS) is 13.6. The minimum absolute atomic E-state index is 0. The Hall–Kier alpha value is -13.3. The number of rotatable bonds is 19. The van der Waals surface area contributed by atoms with Crippen LogP contribution in [-0.2, 0) is 97.2 Å². The summed E-state index contributed by atoms with van der Waals surface area (Å²) < 4.78 is 6.67. The molecule has 17 aromatic rings. The molecule has 0 aliphatic carbocycles. The second-order valence-electron chi connectivity index (χ2n) is 34.1. The predicted molar refractivity (Wildman–Crippen MR) is 603 cm³/mol. The van der Waals surface area contributed by atoms with Gasteiger partial charge in [0.25, 0.3) is 0 Å². The van der Waals surface area contributed by atoms with Crippen molar-refractivity contribution in [3.63, 3.8) is 0 Å². The molecule has 3 N–H and O–H groups in total. The maximum Gasteiger partial charge on any atom is 1.00 e. The molecule has 15 aromatic carbocycles. The predicted octanol–water partition coefficient (Wildman–Crippen LogP) is 28.1. The van der Waals surface area contributed by atoms with Crippen LogP contribution in [0.5, 0.6) is 11.5 Å². The van der Waals surface area contributed by atoms with E-state index in [4.69, 9.17) is 26.3 Å². The molecule has 147 heavy (non-hydrogen) atoms. The average Bonchev–Trinajstić information content (AvgIpc) is 1.50. The number of ketones is 1. The number of aliphatic hydroxyl groups excluding tert-OH is 1. The van der Waals surface area contributed by atoms with Gasteiger partial charge < -0.3 is 71.0 Å². The SMILES string of the molecule is CC(=O)/C=C(/C)O.CN1C=CN(c2[c-]cccc2)[CH-]1.CN1c2ccccc2N2c3cccc4c3C(C12)C1N(C)c2ccccc2N41.N=C(N=C([NH-])c1ccccn1)c1ccccc1.[CH2-]c1ccccc1[N-]c1ccccc1PCC(C)C.[CH2-]c1ccccc1[N-]c1ccccc1[CH2-].[Cu+].[Cu].[Cu].[Ir].[Pt].[c-]1ccccc1-c1ccccn1.c1ccc(Pc2ccccc2Oc2ccccc2[PH+](c2ccccc2)c2ccccc2)cc1. The van der Waals surface area contributed by atoms with Gasteiger partial charge in [0.15, 0.2) is 11.5 Å². The standard InChI is InChI=1S/C30H24OP2.C23H20N4.C17H20NP.C14H12N.C13H11N4.C11H8N.C10H10N2.C5H8O2.3Cu.Ir.Pt/c1-4-14-24(15-5-1)32-29-22-12-10-20-27(29)31-28-21-11-13-23-30(28)33(25-16-6-2-7-17-25)26-18-8-3-9-19-26;1-24-14-8-3-5-10-16(14)26-18-12-7-13-19-20(18)21(22(24)26)23-25(2)15-9-4-6-11-17(15)27(19)23;1-13(2)12-19-17-11-7-6-10-16(17)18-15-9-5-4-8-14(15)3;1-11-7-3-5-9-13(11)15-14-10-6-4-8-12(14)2;14-12(10-6-2-1-3-7-10)17-13(15)11-8-4-5-9-16-11;1-2-6-10(7-3-1)11-8-4-5-9-12-11;1-11-7-8-12(9-11)10-5-3-2-4-6-10;1-4(6)3-5(2)7;;;;;/h1-23,32H;3-13,21-23H,1-2H3;4-11,13,19H,3,12H2,1-2H3;3-10H,1-2H2;1-9H,(H2-,14,15,17);1-6,8-9H;2-5,7-9H,1H3;3,6H,1-2H3;;;;;/q;;-2;-3;2*-1;-2;;;;+1;;/p+1/b;;;;;;;4-3-;;;;;. The van der Waals surface area contributed by atoms with Crippen LogP contribution >= 0.6 is 25.1 Å². The van der Waals surface area contributed by atoms with E-state index in [1.54, 1.807) is 42.7 Å². The maximum atomic E-state index is 10.0. The third-order valence-corrected chi connectivity index (χ3v) is 29.3. The number of pyridine rings is 2. The number of benzene rings is 15. The average molecular weight is 2490 g/mol. The fraction of sp³-hybridized carbons (Fsp3) is 0.0976. The summed E-state index contributed by atoms with van der Waals surface area (Å²) in [6.07, 6.45) is 10.4. The van der Waals surface area contributed by atoms with Crippen molar-refractivity contribution in [3.05, 3.63) is 545 Å². The van der Waals surface area contributed by atoms with E-state index in [1.807, 2.05) is 200 Å². The Morgan fingerprint density at radius 3 is 1.43 bits per heavy atom. The number of aliphatic hydroxyl groups is 1. The molecule has 3 radical (unpaired) electrons. The van der Waals surface area contributed by atoms with Gasteiger partial charge >= 0.3 is 17.1 Å². The van der Waals surface area contributed by atoms with Gasteiger partial charge in [0, 0.05) is 136 Å². The van der Waals surface area contributed by atoms with Crippen LogP contribution in [0, 0.1) is 50.9 Å². The van der Waals surface area contributed by atoms with Crippen LogP contribution in [0.3, 0.4) is 0 Å². The fourth-order valence-electron chi connectivity index (χ4n) is 16.8. The molecule has 0 fully saturated rings. The fourth-order valence-corrected chi connectivity index (χ4v) is 21.8. The van der Waals surface area contributed by atoms with Crippen molar-refractivity contribution < 1.29 is 107 Å². The van der Waals surface area contributed by atoms with Crippen LogP contribution in [0.1, 0.15) is 67.1 Å². The van der Waals surface area contributed by atoms with Gasteiger partial charge in [-0.3, -0.25) is 26.8 Å². The van der Waals surface area contributed by atoms with Gasteiger partial charge in [-0.2, -0.15) is 55.2 Å². The quantitative estimate of drug-likeness (QED) is 0.0150. The monoisotopic (exact) mass is 2490 g/mol. The minimum atomic E-state index is -1.22. The third kappa shape index (κ3) is 30.9. The number of allylic oxidation sites excluding steroid dienone is 2. The summed E-state index contributed by atoms with van der Waals surface area (Å²) in [4.78, 5) is 36.3. The number of amidine groups is 2. The number of carbonyl (C=O) groups excluding carboxylic acids is 1. The Morgan fingerprint density at radius 2 is 0.952 bits per heavy atom. The van der Waals surface area contributed by atoms with Crippen LogP contribution in [0.25, 0.3) is 27.6 Å². The van der Waals surface area contributed by atoms with E-state index in [9.17, 15) is 4.79 Å². The summed E-state index contributed by atoms with van der Waals surface area (Å²) in [7, 11) is 6.64. The van der Waals surface area contributed by atoms with Crippen LogP contribution in [0.2, 0.25) is 0 Å². The van der Waals surface area contributed by atoms with Gasteiger partial charge in [-0.1, -0.05) is 249 Å². The number of aliphatic imine (C=N–C) groups is 1. The summed E-state index contributed by atoms with van der Waals surface area (Å²) in [5.74, 6) is 3.02. The first-order valence-electron chi connectivity index (χ1n) is 46.9. The molecule has 4 unspecified atom stereocenters. The summed E-state index contributed by atoms with van der Waals surface area (Å²) in [5.41, 5.74) is 28.2. The topological polar surface area (TPSA) is 180 Å². The smallest absolute Gasteiger partial charge is 0.774 e. The second-order valence-corrected chi connectivity index (χ2v) is 39.2. The van der Waals surface area contributed by atoms with Crippen LogP contribution in [0.15, 0.2) is 460 Å². The molecule has 5 aliphatic rings. The number of fused-ring (bicyclic) bond motifs is 10. The maximum absolute atomic E-state index is 10.0. The van der Waals surface area contributed by atoms with Gasteiger partial charge in [-0.25, -0.2) is 37.5 Å². The number of anilines is 7. The van der Waals surface area contributed by atoms with Gasteiger partial charge in [0.1, 0.15) is 41.9 Å². The van der Waals surface area contributed by atoms with Crippen molar-refractivity contribution in [3.8, 4) is 22.8 Å². The van der Waals surface area contributed by atoms with E-state index < -0.39 is 7.92 Å². The molecular weight excluding hydrogens is 2380 g/mol. The Labute approximate surface area is 931 Å². The summed E-state index contributed by atoms with van der Waals surface area (Å²) >= 11 is 0. The first-order chi connectivity index (χ1) is 69.3. The number of para-hydroxylation sites is 11. The summed E-state index contributed by atoms with van der Waals surface area (Å²) in [6.45, 7) is 21.3.